The number of carbonyl (C=O) groups excluding carboxylic acids is 2. The first kappa shape index (κ1) is 14.7. The molecule has 2 aromatic rings. The topological polar surface area (TPSA) is 92.6 Å². The first-order valence-electron chi connectivity index (χ1n) is 6.99. The Morgan fingerprint density at radius 3 is 2.30 bits per heavy atom. The van der Waals surface area contributed by atoms with Gasteiger partial charge in [0, 0.05) is 12.1 Å². The zero-order chi connectivity index (χ0) is 16.4. The lowest BCUT2D eigenvalue weighted by Gasteiger charge is -2.15. The van der Waals surface area contributed by atoms with Gasteiger partial charge in [-0.1, -0.05) is 30.3 Å². The van der Waals surface area contributed by atoms with Crippen LogP contribution in [0.1, 0.15) is 5.56 Å². The molecule has 7 nitrogen and oxygen atoms in total. The van der Waals surface area contributed by atoms with Gasteiger partial charge in [0.1, 0.15) is 5.92 Å². The molecule has 1 unspecified atom stereocenters. The lowest BCUT2D eigenvalue weighted by Crippen LogP contribution is -2.35. The number of nitro benzene ring substituents is 1. The molecule has 1 fully saturated rings. The van der Waals surface area contributed by atoms with E-state index in [4.69, 9.17) is 0 Å². The molecule has 2 amide bonds. The van der Waals surface area contributed by atoms with Crippen LogP contribution in [0.25, 0.3) is 0 Å². The molecule has 116 valence electrons. The number of hydrazine groups is 1. The fourth-order valence-electron chi connectivity index (χ4n) is 2.45. The molecule has 7 heteroatoms. The van der Waals surface area contributed by atoms with Crippen LogP contribution in [0.5, 0.6) is 0 Å². The molecule has 2 aromatic carbocycles. The second-order valence-corrected chi connectivity index (χ2v) is 5.17. The van der Waals surface area contributed by atoms with Crippen LogP contribution in [0.2, 0.25) is 0 Å². The predicted octanol–water partition coefficient (Wildman–Crippen LogP) is 1.83. The summed E-state index contributed by atoms with van der Waals surface area (Å²) < 4.78 is 0. The summed E-state index contributed by atoms with van der Waals surface area (Å²) in [5.41, 5.74) is 3.82. The molecule has 0 aromatic heterocycles. The third-order valence-corrected chi connectivity index (χ3v) is 3.66. The van der Waals surface area contributed by atoms with E-state index in [0.717, 1.165) is 0 Å². The molecule has 1 atom stereocenters. The van der Waals surface area contributed by atoms with E-state index >= 15 is 0 Å². The molecular formula is C16H13N3O4. The smallest absolute Gasteiger partial charge is 0.269 e. The number of carbonyl (C=O) groups is 2. The van der Waals surface area contributed by atoms with E-state index in [1.807, 2.05) is 6.07 Å². The summed E-state index contributed by atoms with van der Waals surface area (Å²) in [7, 11) is 0. The molecule has 1 aliphatic rings. The van der Waals surface area contributed by atoms with Crippen molar-refractivity contribution in [1.29, 1.82) is 0 Å². The molecule has 3 rings (SSSR count). The Morgan fingerprint density at radius 1 is 1.04 bits per heavy atom. The normalized spacial score (nSPS) is 17.2. The van der Waals surface area contributed by atoms with Crippen molar-refractivity contribution in [2.24, 2.45) is 5.92 Å². The van der Waals surface area contributed by atoms with Crippen LogP contribution in [-0.2, 0) is 16.0 Å². The minimum absolute atomic E-state index is 0.0261. The van der Waals surface area contributed by atoms with Crippen LogP contribution in [-0.4, -0.2) is 16.7 Å². The molecule has 0 spiro atoms. The zero-order valence-electron chi connectivity index (χ0n) is 12.0. The third-order valence-electron chi connectivity index (χ3n) is 3.66. The number of nitrogens with zero attached hydrogens (tertiary/aromatic N) is 2. The lowest BCUT2D eigenvalue weighted by atomic mass is 9.98. The van der Waals surface area contributed by atoms with E-state index in [1.165, 1.54) is 17.1 Å². The highest BCUT2D eigenvalue weighted by Crippen LogP contribution is 2.23. The molecule has 0 bridgehead atoms. The molecule has 1 aliphatic heterocycles. The predicted molar refractivity (Wildman–Crippen MR) is 82.4 cm³/mol. The number of hydrogen-bond donors (Lipinski definition) is 1. The van der Waals surface area contributed by atoms with E-state index in [0.29, 0.717) is 11.3 Å². The highest BCUT2D eigenvalue weighted by molar-refractivity contribution is 6.14. The molecule has 1 N–H and O–H groups in total. The van der Waals surface area contributed by atoms with Gasteiger partial charge in [-0.3, -0.25) is 25.1 Å². The number of nitrogens with one attached hydrogen (secondary N) is 1. The summed E-state index contributed by atoms with van der Waals surface area (Å²) in [5, 5.41) is 11.9. The summed E-state index contributed by atoms with van der Waals surface area (Å²) in [4.78, 5) is 34.6. The molecule has 1 saturated heterocycles. The Hall–Kier alpha value is -3.22. The summed E-state index contributed by atoms with van der Waals surface area (Å²) in [6.07, 6.45) is 0.200. The van der Waals surface area contributed by atoms with Crippen molar-refractivity contribution in [2.75, 3.05) is 5.01 Å². The monoisotopic (exact) mass is 311 g/mol. The Kier molecular flexibility index (Phi) is 3.76. The highest BCUT2D eigenvalue weighted by Gasteiger charge is 2.39. The lowest BCUT2D eigenvalue weighted by molar-refractivity contribution is -0.384. The van der Waals surface area contributed by atoms with Gasteiger partial charge in [0.25, 0.3) is 17.5 Å². The Morgan fingerprint density at radius 2 is 1.70 bits per heavy atom. The van der Waals surface area contributed by atoms with Crippen LogP contribution < -0.4 is 10.4 Å². The van der Waals surface area contributed by atoms with E-state index in [9.17, 15) is 19.7 Å². The average Bonchev–Trinajstić information content (AvgIpc) is 2.84. The van der Waals surface area contributed by atoms with E-state index in [-0.39, 0.29) is 23.9 Å². The Balaban J connectivity index is 1.77. The molecule has 23 heavy (non-hydrogen) atoms. The fourth-order valence-corrected chi connectivity index (χ4v) is 2.45. The summed E-state index contributed by atoms with van der Waals surface area (Å²) in [5.74, 6) is -1.55. The number of benzene rings is 2. The van der Waals surface area contributed by atoms with Crippen molar-refractivity contribution in [2.45, 2.75) is 6.42 Å². The van der Waals surface area contributed by atoms with Gasteiger partial charge in [-0.25, -0.2) is 5.01 Å². The van der Waals surface area contributed by atoms with Gasteiger partial charge in [0.2, 0.25) is 0 Å². The minimum atomic E-state index is -0.836. The number of non-ortho nitro benzene ring substituents is 1. The second-order valence-electron chi connectivity index (χ2n) is 5.17. The van der Waals surface area contributed by atoms with Gasteiger partial charge >= 0.3 is 0 Å². The number of para-hydroxylation sites is 1. The molecule has 0 saturated carbocycles. The number of anilines is 1. The maximum Gasteiger partial charge on any atom is 0.269 e. The van der Waals surface area contributed by atoms with Gasteiger partial charge in [-0.15, -0.1) is 0 Å². The highest BCUT2D eigenvalue weighted by atomic mass is 16.6. The standard InChI is InChI=1S/C16H13N3O4/c20-15-14(10-11-6-8-13(9-7-11)19(22)23)16(21)18(17-15)12-4-2-1-3-5-12/h1-9,14H,10H2,(H,17,20). The Labute approximate surface area is 131 Å². The van der Waals surface area contributed by atoms with Crippen molar-refractivity contribution in [3.05, 3.63) is 70.3 Å². The van der Waals surface area contributed by atoms with Crippen molar-refractivity contribution >= 4 is 23.2 Å². The fraction of sp³-hybridized carbons (Fsp3) is 0.125. The van der Waals surface area contributed by atoms with E-state index in [1.54, 1.807) is 36.4 Å². The molecule has 0 radical (unpaired) electrons. The molecular weight excluding hydrogens is 298 g/mol. The van der Waals surface area contributed by atoms with Crippen LogP contribution in [0.3, 0.4) is 0 Å². The second kappa shape index (κ2) is 5.88. The van der Waals surface area contributed by atoms with Crippen molar-refractivity contribution < 1.29 is 14.5 Å². The summed E-state index contributed by atoms with van der Waals surface area (Å²) in [6.45, 7) is 0. The van der Waals surface area contributed by atoms with E-state index < -0.39 is 10.8 Å². The minimum Gasteiger partial charge on any atom is -0.272 e. The zero-order valence-corrected chi connectivity index (χ0v) is 12.0. The van der Waals surface area contributed by atoms with Crippen molar-refractivity contribution in [1.82, 2.24) is 5.43 Å². The van der Waals surface area contributed by atoms with Gasteiger partial charge in [-0.2, -0.15) is 0 Å². The number of hydrogen-bond acceptors (Lipinski definition) is 4. The van der Waals surface area contributed by atoms with Crippen LogP contribution in [0.4, 0.5) is 11.4 Å². The number of amides is 2. The summed E-state index contributed by atoms with van der Waals surface area (Å²) >= 11 is 0. The number of nitro groups is 1. The summed E-state index contributed by atoms with van der Waals surface area (Å²) in [6, 6.07) is 14.7. The quantitative estimate of drug-likeness (QED) is 0.529. The van der Waals surface area contributed by atoms with Gasteiger partial charge < -0.3 is 0 Å². The van der Waals surface area contributed by atoms with Crippen LogP contribution >= 0.6 is 0 Å². The van der Waals surface area contributed by atoms with Crippen LogP contribution in [0.15, 0.2) is 54.6 Å². The van der Waals surface area contributed by atoms with Gasteiger partial charge in [0.05, 0.1) is 10.6 Å². The number of rotatable bonds is 4. The first-order valence-corrected chi connectivity index (χ1v) is 6.99. The SMILES string of the molecule is O=C1NN(c2ccccc2)C(=O)C1Cc1ccc([N+](=O)[O-])cc1. The van der Waals surface area contributed by atoms with E-state index in [2.05, 4.69) is 5.43 Å². The van der Waals surface area contributed by atoms with Crippen molar-refractivity contribution in [3.8, 4) is 0 Å². The maximum atomic E-state index is 12.4. The van der Waals surface area contributed by atoms with Gasteiger partial charge in [0.15, 0.2) is 0 Å². The maximum absolute atomic E-state index is 12.4. The molecule has 0 aliphatic carbocycles. The van der Waals surface area contributed by atoms with Crippen LogP contribution in [0, 0.1) is 16.0 Å². The average molecular weight is 311 g/mol. The van der Waals surface area contributed by atoms with Crippen molar-refractivity contribution in [3.63, 3.8) is 0 Å². The largest absolute Gasteiger partial charge is 0.272 e. The third kappa shape index (κ3) is 2.89. The van der Waals surface area contributed by atoms with Gasteiger partial charge in [-0.05, 0) is 24.1 Å². The molecule has 1 heterocycles. The first-order chi connectivity index (χ1) is 11.1. The Bertz CT molecular complexity index is 759.